The van der Waals surface area contributed by atoms with Crippen molar-refractivity contribution in [2.24, 2.45) is 7.05 Å². The van der Waals surface area contributed by atoms with E-state index in [-0.39, 0.29) is 5.75 Å². The summed E-state index contributed by atoms with van der Waals surface area (Å²) >= 11 is 0. The summed E-state index contributed by atoms with van der Waals surface area (Å²) in [5.41, 5.74) is 2.51. The highest BCUT2D eigenvalue weighted by Gasteiger charge is 2.19. The fourth-order valence-electron chi connectivity index (χ4n) is 2.08. The fourth-order valence-corrected chi connectivity index (χ4v) is 3.29. The highest BCUT2D eigenvalue weighted by molar-refractivity contribution is 7.91. The number of rotatable bonds is 2. The van der Waals surface area contributed by atoms with Crippen LogP contribution in [0.15, 0.2) is 17.0 Å². The summed E-state index contributed by atoms with van der Waals surface area (Å²) in [5.74, 6) is 0.107. The topological polar surface area (TPSA) is 52.0 Å². The summed E-state index contributed by atoms with van der Waals surface area (Å²) < 4.78 is 25.8. The third kappa shape index (κ3) is 1.84. The van der Waals surface area contributed by atoms with E-state index in [9.17, 15) is 8.42 Å². The third-order valence-electron chi connectivity index (χ3n) is 2.95. The fraction of sp³-hybridized carbons (Fsp3) is 0.417. The normalized spacial score (nSPS) is 12.2. The molecule has 0 N–H and O–H groups in total. The van der Waals surface area contributed by atoms with E-state index in [1.165, 1.54) is 0 Å². The van der Waals surface area contributed by atoms with Crippen LogP contribution in [0.25, 0.3) is 10.9 Å². The van der Waals surface area contributed by atoms with Gasteiger partial charge in [0.2, 0.25) is 0 Å². The number of hydrogen-bond donors (Lipinski definition) is 0. The van der Waals surface area contributed by atoms with E-state index in [0.717, 1.165) is 16.6 Å². The van der Waals surface area contributed by atoms with Crippen molar-refractivity contribution in [2.45, 2.75) is 25.7 Å². The average molecular weight is 252 g/mol. The van der Waals surface area contributed by atoms with E-state index in [1.807, 2.05) is 19.9 Å². The van der Waals surface area contributed by atoms with Crippen molar-refractivity contribution in [1.29, 1.82) is 0 Å². The van der Waals surface area contributed by atoms with Crippen molar-refractivity contribution >= 4 is 20.7 Å². The Morgan fingerprint density at radius 3 is 2.53 bits per heavy atom. The number of fused-ring (bicyclic) bond motifs is 1. The molecule has 0 radical (unpaired) electrons. The average Bonchev–Trinajstić information content (AvgIpc) is 2.53. The second-order valence-corrected chi connectivity index (χ2v) is 6.52. The minimum Gasteiger partial charge on any atom is -0.266 e. The van der Waals surface area contributed by atoms with Gasteiger partial charge in [-0.2, -0.15) is 5.10 Å². The molecule has 0 bridgehead atoms. The largest absolute Gasteiger partial charge is 0.266 e. The maximum Gasteiger partial charge on any atom is 0.180 e. The van der Waals surface area contributed by atoms with Crippen LogP contribution in [0.5, 0.6) is 0 Å². The van der Waals surface area contributed by atoms with Gasteiger partial charge in [-0.3, -0.25) is 4.68 Å². The van der Waals surface area contributed by atoms with Gasteiger partial charge in [-0.25, -0.2) is 8.42 Å². The van der Waals surface area contributed by atoms with Crippen molar-refractivity contribution < 1.29 is 8.42 Å². The molecule has 0 saturated carbocycles. The maximum absolute atomic E-state index is 12.1. The quantitative estimate of drug-likeness (QED) is 0.821. The van der Waals surface area contributed by atoms with Crippen molar-refractivity contribution in [3.63, 3.8) is 0 Å². The first-order chi connectivity index (χ1) is 7.86. The van der Waals surface area contributed by atoms with Crippen molar-refractivity contribution in [2.75, 3.05) is 5.75 Å². The van der Waals surface area contributed by atoms with E-state index < -0.39 is 9.84 Å². The SMILES string of the molecule is CCS(=O)(=O)c1cc(C)cc2c(C)nn(C)c12. The van der Waals surface area contributed by atoms with Gasteiger partial charge in [-0.1, -0.05) is 6.92 Å². The monoisotopic (exact) mass is 252 g/mol. The molecule has 0 fully saturated rings. The summed E-state index contributed by atoms with van der Waals surface area (Å²) in [4.78, 5) is 0.387. The molecule has 1 aromatic heterocycles. The zero-order valence-electron chi connectivity index (χ0n) is 10.5. The Morgan fingerprint density at radius 1 is 1.29 bits per heavy atom. The van der Waals surface area contributed by atoms with Gasteiger partial charge in [-0.15, -0.1) is 0 Å². The summed E-state index contributed by atoms with van der Waals surface area (Å²) in [5, 5.41) is 5.21. The molecule has 0 unspecified atom stereocenters. The zero-order chi connectivity index (χ0) is 12.8. The van der Waals surface area contributed by atoms with E-state index in [4.69, 9.17) is 0 Å². The van der Waals surface area contributed by atoms with E-state index in [2.05, 4.69) is 5.10 Å². The Kier molecular flexibility index (Phi) is 2.73. The van der Waals surface area contributed by atoms with Gasteiger partial charge in [0.25, 0.3) is 0 Å². The molecule has 2 rings (SSSR count). The Hall–Kier alpha value is -1.36. The molecular weight excluding hydrogens is 236 g/mol. The van der Waals surface area contributed by atoms with Gasteiger partial charge in [0.05, 0.1) is 21.9 Å². The molecular formula is C12H16N2O2S. The Labute approximate surface area is 101 Å². The molecule has 92 valence electrons. The summed E-state index contributed by atoms with van der Waals surface area (Å²) in [6, 6.07) is 3.70. The van der Waals surface area contributed by atoms with Crippen LogP contribution in [0.4, 0.5) is 0 Å². The van der Waals surface area contributed by atoms with E-state index >= 15 is 0 Å². The van der Waals surface area contributed by atoms with Crippen molar-refractivity contribution in [3.8, 4) is 0 Å². The molecule has 0 amide bonds. The summed E-state index contributed by atoms with van der Waals surface area (Å²) in [7, 11) is -1.44. The zero-order valence-corrected chi connectivity index (χ0v) is 11.3. The first-order valence-electron chi connectivity index (χ1n) is 5.53. The highest BCUT2D eigenvalue weighted by Crippen LogP contribution is 2.27. The van der Waals surface area contributed by atoms with E-state index in [0.29, 0.717) is 10.4 Å². The van der Waals surface area contributed by atoms with Crippen LogP contribution in [0.3, 0.4) is 0 Å². The van der Waals surface area contributed by atoms with Gasteiger partial charge >= 0.3 is 0 Å². The molecule has 1 heterocycles. The second-order valence-electron chi connectivity index (χ2n) is 4.27. The molecule has 0 aliphatic rings. The Balaban J connectivity index is 2.98. The minimum absolute atomic E-state index is 0.107. The molecule has 0 saturated heterocycles. The number of benzene rings is 1. The van der Waals surface area contributed by atoms with Gasteiger partial charge < -0.3 is 0 Å². The van der Waals surface area contributed by atoms with Crippen molar-refractivity contribution in [3.05, 3.63) is 23.4 Å². The molecule has 2 aromatic rings. The highest BCUT2D eigenvalue weighted by atomic mass is 32.2. The molecule has 1 aromatic carbocycles. The molecule has 0 aliphatic heterocycles. The Morgan fingerprint density at radius 2 is 1.94 bits per heavy atom. The summed E-state index contributed by atoms with van der Waals surface area (Å²) in [6.45, 7) is 5.46. The minimum atomic E-state index is -3.22. The van der Waals surface area contributed by atoms with Gasteiger partial charge in [0.15, 0.2) is 9.84 Å². The summed E-state index contributed by atoms with van der Waals surface area (Å²) in [6.07, 6.45) is 0. The molecule has 0 spiro atoms. The van der Waals surface area contributed by atoms with Crippen LogP contribution in [-0.4, -0.2) is 24.0 Å². The van der Waals surface area contributed by atoms with Crippen LogP contribution >= 0.6 is 0 Å². The van der Waals surface area contributed by atoms with Crippen LogP contribution in [-0.2, 0) is 16.9 Å². The molecule has 0 aliphatic carbocycles. The van der Waals surface area contributed by atoms with Crippen molar-refractivity contribution in [1.82, 2.24) is 9.78 Å². The lowest BCUT2D eigenvalue weighted by atomic mass is 10.1. The van der Waals surface area contributed by atoms with Crippen LogP contribution in [0, 0.1) is 13.8 Å². The first kappa shape index (κ1) is 12.1. The second kappa shape index (κ2) is 3.84. The lowest BCUT2D eigenvalue weighted by Gasteiger charge is -2.06. The number of aromatic nitrogens is 2. The van der Waals surface area contributed by atoms with Gasteiger partial charge in [-0.05, 0) is 31.5 Å². The number of hydrogen-bond acceptors (Lipinski definition) is 3. The molecule has 0 atom stereocenters. The molecule has 5 heteroatoms. The van der Waals surface area contributed by atoms with Gasteiger partial charge in [0.1, 0.15) is 0 Å². The standard InChI is InChI=1S/C12H16N2O2S/c1-5-17(15,16)11-7-8(2)6-10-9(3)13-14(4)12(10)11/h6-7H,5H2,1-4H3. The van der Waals surface area contributed by atoms with Crippen LogP contribution < -0.4 is 0 Å². The smallest absolute Gasteiger partial charge is 0.180 e. The van der Waals surface area contributed by atoms with E-state index in [1.54, 1.807) is 24.7 Å². The number of aryl methyl sites for hydroxylation is 3. The predicted octanol–water partition coefficient (Wildman–Crippen LogP) is 1.98. The number of sulfone groups is 1. The van der Waals surface area contributed by atoms with Crippen LogP contribution in [0.2, 0.25) is 0 Å². The van der Waals surface area contributed by atoms with Gasteiger partial charge in [0, 0.05) is 12.4 Å². The number of nitrogens with zero attached hydrogens (tertiary/aromatic N) is 2. The molecule has 4 nitrogen and oxygen atoms in total. The molecule has 17 heavy (non-hydrogen) atoms. The lowest BCUT2D eigenvalue weighted by molar-refractivity contribution is 0.597. The predicted molar refractivity (Wildman–Crippen MR) is 67.9 cm³/mol. The first-order valence-corrected chi connectivity index (χ1v) is 7.18. The maximum atomic E-state index is 12.1. The third-order valence-corrected chi connectivity index (χ3v) is 4.69. The lowest BCUT2D eigenvalue weighted by Crippen LogP contribution is -2.06. The Bertz CT molecular complexity index is 684. The van der Waals surface area contributed by atoms with Crippen LogP contribution in [0.1, 0.15) is 18.2 Å².